The zero-order chi connectivity index (χ0) is 20.7. The summed E-state index contributed by atoms with van der Waals surface area (Å²) in [6.45, 7) is 1.44. The van der Waals surface area contributed by atoms with Gasteiger partial charge in [-0.25, -0.2) is 18.2 Å². The monoisotopic (exact) mass is 406 g/mol. The van der Waals surface area contributed by atoms with Crippen LogP contribution in [0, 0.1) is 5.82 Å². The fraction of sp³-hybridized carbons (Fsp3) is 0.412. The maximum absolute atomic E-state index is 14.5. The quantitative estimate of drug-likeness (QED) is 0.779. The smallest absolute Gasteiger partial charge is 0.425 e. The van der Waals surface area contributed by atoms with E-state index in [0.717, 1.165) is 12.3 Å². The largest absolute Gasteiger partial charge is 0.452 e. The normalized spacial score (nSPS) is 25.4. The summed E-state index contributed by atoms with van der Waals surface area (Å²) in [5, 5.41) is 0. The van der Waals surface area contributed by atoms with E-state index in [0.29, 0.717) is 5.69 Å². The van der Waals surface area contributed by atoms with E-state index in [2.05, 4.69) is 14.7 Å². The molecule has 1 aromatic rings. The van der Waals surface area contributed by atoms with Crippen LogP contribution in [0.15, 0.2) is 40.1 Å². The lowest BCUT2D eigenvalue weighted by atomic mass is 9.85. The van der Waals surface area contributed by atoms with Gasteiger partial charge in [0.1, 0.15) is 11.5 Å². The number of nitrogens with two attached hydrogens (primary N) is 1. The maximum Gasteiger partial charge on any atom is 0.425 e. The number of allylic oxidation sites excluding steroid dienone is 1. The molecule has 3 rings (SSSR count). The fourth-order valence-electron chi connectivity index (χ4n) is 3.09. The van der Waals surface area contributed by atoms with Crippen LogP contribution in [0.25, 0.3) is 0 Å². The second-order valence-electron chi connectivity index (χ2n) is 6.56. The molecule has 2 heterocycles. The molecular formula is C17H16F6N4O. The van der Waals surface area contributed by atoms with E-state index in [-0.39, 0.29) is 12.1 Å². The number of ether oxygens (including phenoxy) is 1. The third-order valence-electron chi connectivity index (χ3n) is 4.46. The van der Waals surface area contributed by atoms with Gasteiger partial charge in [-0.05, 0) is 25.1 Å². The molecule has 2 atom stereocenters. The first-order chi connectivity index (χ1) is 13.0. The number of hydrogen-bond donors (Lipinski definition) is 1. The summed E-state index contributed by atoms with van der Waals surface area (Å²) >= 11 is 0. The number of benzene rings is 1. The molecule has 0 radical (unpaired) electrons. The van der Waals surface area contributed by atoms with Crippen LogP contribution in [-0.2, 0) is 10.3 Å². The molecule has 0 fully saturated rings. The average molecular weight is 406 g/mol. The molecule has 152 valence electrons. The molecule has 0 aromatic heterocycles. The van der Waals surface area contributed by atoms with Crippen LogP contribution in [-0.4, -0.2) is 37.5 Å². The second kappa shape index (κ2) is 7.02. The van der Waals surface area contributed by atoms with Crippen molar-refractivity contribution >= 4 is 17.9 Å². The Morgan fingerprint density at radius 1 is 1.32 bits per heavy atom. The van der Waals surface area contributed by atoms with E-state index in [1.54, 1.807) is 0 Å². The van der Waals surface area contributed by atoms with Crippen LogP contribution in [0.3, 0.4) is 0 Å². The highest BCUT2D eigenvalue weighted by atomic mass is 19.4. The standard InChI is InChI=1S/C17H16F6N4O/c1-16(7-13(17(21,22)23)28-15(24)26-16)10-6-9(2-3-11(10)18)27-5-4-25-12(8-27)14(19)20/h2-4,6,8,13-14H,5,7H2,1H3,(H2,24,26)/t13-,16-/m0/s1. The Morgan fingerprint density at radius 3 is 2.68 bits per heavy atom. The van der Waals surface area contributed by atoms with Crippen LogP contribution >= 0.6 is 0 Å². The highest BCUT2D eigenvalue weighted by Crippen LogP contribution is 2.41. The summed E-state index contributed by atoms with van der Waals surface area (Å²) in [5.41, 5.74) is 3.42. The minimum Gasteiger partial charge on any atom is -0.452 e. The van der Waals surface area contributed by atoms with Gasteiger partial charge in [-0.3, -0.25) is 4.99 Å². The molecule has 0 bridgehead atoms. The number of amidine groups is 1. The van der Waals surface area contributed by atoms with Gasteiger partial charge in [0.2, 0.25) is 0 Å². The Labute approximate surface area is 156 Å². The fourth-order valence-corrected chi connectivity index (χ4v) is 3.09. The van der Waals surface area contributed by atoms with Gasteiger partial charge in [0.05, 0.1) is 12.1 Å². The summed E-state index contributed by atoms with van der Waals surface area (Å²) < 4.78 is 84.2. The number of anilines is 1. The zero-order valence-corrected chi connectivity index (χ0v) is 14.6. The van der Waals surface area contributed by atoms with Gasteiger partial charge in [-0.15, -0.1) is 0 Å². The number of nitrogens with zero attached hydrogens (tertiary/aromatic N) is 3. The molecule has 0 amide bonds. The van der Waals surface area contributed by atoms with Crippen molar-refractivity contribution in [3.05, 3.63) is 41.5 Å². The van der Waals surface area contributed by atoms with Gasteiger partial charge in [-0.2, -0.15) is 13.2 Å². The van der Waals surface area contributed by atoms with Crippen LogP contribution in [0.5, 0.6) is 0 Å². The van der Waals surface area contributed by atoms with Crippen LogP contribution in [0.2, 0.25) is 0 Å². The van der Waals surface area contributed by atoms with Crippen molar-refractivity contribution in [2.45, 2.75) is 37.6 Å². The molecule has 0 spiro atoms. The van der Waals surface area contributed by atoms with E-state index >= 15 is 0 Å². The Kier molecular flexibility index (Phi) is 5.02. The summed E-state index contributed by atoms with van der Waals surface area (Å²) in [6, 6.07) is 2.94. The highest BCUT2D eigenvalue weighted by molar-refractivity contribution is 5.74. The van der Waals surface area contributed by atoms with Crippen molar-refractivity contribution < 1.29 is 31.1 Å². The van der Waals surface area contributed by atoms with Gasteiger partial charge < -0.3 is 15.4 Å². The molecule has 0 unspecified atom stereocenters. The molecule has 11 heteroatoms. The minimum absolute atomic E-state index is 0.137. The molecular weight excluding hydrogens is 390 g/mol. The Morgan fingerprint density at radius 2 is 2.04 bits per heavy atom. The van der Waals surface area contributed by atoms with E-state index in [1.165, 1.54) is 30.2 Å². The van der Waals surface area contributed by atoms with Crippen molar-refractivity contribution in [2.24, 2.45) is 15.7 Å². The lowest BCUT2D eigenvalue weighted by Crippen LogP contribution is -2.46. The Balaban J connectivity index is 2.00. The topological polar surface area (TPSA) is 63.2 Å². The average Bonchev–Trinajstić information content (AvgIpc) is 2.60. The number of halogens is 6. The first kappa shape index (κ1) is 20.0. The maximum atomic E-state index is 14.5. The molecule has 0 saturated heterocycles. The third kappa shape index (κ3) is 3.92. The molecule has 1 aromatic carbocycles. The zero-order valence-electron chi connectivity index (χ0n) is 14.6. The van der Waals surface area contributed by atoms with Gasteiger partial charge in [-0.1, -0.05) is 0 Å². The summed E-state index contributed by atoms with van der Waals surface area (Å²) in [5.74, 6) is -0.797. The van der Waals surface area contributed by atoms with E-state index < -0.39 is 48.2 Å². The van der Waals surface area contributed by atoms with Crippen LogP contribution < -0.4 is 10.6 Å². The minimum atomic E-state index is -4.71. The van der Waals surface area contributed by atoms with Crippen LogP contribution in [0.1, 0.15) is 18.9 Å². The van der Waals surface area contributed by atoms with Crippen LogP contribution in [0.4, 0.5) is 32.0 Å². The van der Waals surface area contributed by atoms with Crippen molar-refractivity contribution in [3.8, 4) is 0 Å². The predicted octanol–water partition coefficient (Wildman–Crippen LogP) is 3.70. The number of aliphatic imine (C=N–C) groups is 2. The Hall–Kier alpha value is -2.72. The second-order valence-corrected chi connectivity index (χ2v) is 6.56. The predicted molar refractivity (Wildman–Crippen MR) is 90.8 cm³/mol. The number of rotatable bonds is 3. The number of alkyl halides is 5. The summed E-state index contributed by atoms with van der Waals surface area (Å²) in [7, 11) is 0. The Bertz CT molecular complexity index is 851. The first-order valence-corrected chi connectivity index (χ1v) is 8.17. The SMILES string of the molecule is C[C@@]1(c2cc(N3C=C(C(F)F)N=CC3)ccc2F)C[C@@H](C(F)(F)F)OC(N)=N1. The molecule has 0 aliphatic carbocycles. The van der Waals surface area contributed by atoms with Gasteiger partial charge in [0, 0.05) is 30.1 Å². The highest BCUT2D eigenvalue weighted by Gasteiger charge is 2.50. The molecule has 0 saturated carbocycles. The van der Waals surface area contributed by atoms with E-state index in [9.17, 15) is 26.3 Å². The molecule has 2 aliphatic heterocycles. The lowest BCUT2D eigenvalue weighted by Gasteiger charge is -2.36. The summed E-state index contributed by atoms with van der Waals surface area (Å²) in [4.78, 5) is 8.86. The molecule has 2 N–H and O–H groups in total. The van der Waals surface area contributed by atoms with E-state index in [1.807, 2.05) is 0 Å². The molecule has 28 heavy (non-hydrogen) atoms. The van der Waals surface area contributed by atoms with Gasteiger partial charge >= 0.3 is 6.18 Å². The first-order valence-electron chi connectivity index (χ1n) is 8.17. The van der Waals surface area contributed by atoms with Gasteiger partial charge in [0.15, 0.2) is 6.10 Å². The lowest BCUT2D eigenvalue weighted by molar-refractivity contribution is -0.208. The van der Waals surface area contributed by atoms with Gasteiger partial charge in [0.25, 0.3) is 12.4 Å². The van der Waals surface area contributed by atoms with Crippen molar-refractivity contribution in [1.29, 1.82) is 0 Å². The molecule has 5 nitrogen and oxygen atoms in total. The van der Waals surface area contributed by atoms with Crippen molar-refractivity contribution in [2.75, 3.05) is 11.4 Å². The van der Waals surface area contributed by atoms with E-state index in [4.69, 9.17) is 5.73 Å². The number of hydrogen-bond acceptors (Lipinski definition) is 5. The summed E-state index contributed by atoms with van der Waals surface area (Å²) in [6.07, 6.45) is -8.08. The van der Waals surface area contributed by atoms with Crippen molar-refractivity contribution in [1.82, 2.24) is 0 Å². The third-order valence-corrected chi connectivity index (χ3v) is 4.46. The van der Waals surface area contributed by atoms with Crippen molar-refractivity contribution in [3.63, 3.8) is 0 Å². The molecule has 2 aliphatic rings.